The van der Waals surface area contributed by atoms with Crippen LogP contribution in [0.15, 0.2) is 74.6 Å². The minimum absolute atomic E-state index is 0.114. The molecular weight excluding hydrogens is 731 g/mol. The van der Waals surface area contributed by atoms with Gasteiger partial charge in [0.1, 0.15) is 5.60 Å². The van der Waals surface area contributed by atoms with E-state index in [2.05, 4.69) is 110 Å². The summed E-state index contributed by atoms with van der Waals surface area (Å²) in [6.07, 6.45) is 12.9. The van der Waals surface area contributed by atoms with Crippen LogP contribution < -0.4 is 4.90 Å². The maximum absolute atomic E-state index is 11.1. The van der Waals surface area contributed by atoms with Gasteiger partial charge in [-0.2, -0.15) is 0 Å². The average Bonchev–Trinajstić information content (AvgIpc) is 3.73. The lowest BCUT2D eigenvalue weighted by molar-refractivity contribution is -0.165. The van der Waals surface area contributed by atoms with Gasteiger partial charge >= 0.3 is 11.9 Å². The molecule has 0 radical (unpaired) electrons. The number of nitrogens with zero attached hydrogens (tertiary/aromatic N) is 3. The second kappa shape index (κ2) is 16.4. The van der Waals surface area contributed by atoms with E-state index in [1.54, 1.807) is 5.57 Å². The summed E-state index contributed by atoms with van der Waals surface area (Å²) in [5, 5.41) is 47.6. The summed E-state index contributed by atoms with van der Waals surface area (Å²) < 4.78 is 5.43. The SMILES string of the molecule is C#CC1(O)CCC2C3CCC4=Cc5oncc5CC4(C)C3CCC21C.CC(CN(C)C)CN1c2ccccc2Sc2ccccc21.O=C(O)C(O)C(O)C(=O)O. The number of aliphatic hydroxyl groups excluding tert-OH is 2. The molecule has 1 aromatic heterocycles. The number of aliphatic carboxylic acids is 2. The molecule has 3 aromatic rings. The predicted octanol–water partition coefficient (Wildman–Crippen LogP) is 6.59. The number of aromatic nitrogens is 1. The van der Waals surface area contributed by atoms with Gasteiger partial charge in [0, 0.05) is 33.9 Å². The summed E-state index contributed by atoms with van der Waals surface area (Å²) in [5.74, 6) is 2.72. The Morgan fingerprint density at radius 3 is 2.14 bits per heavy atom. The third kappa shape index (κ3) is 7.77. The molecular formula is C44H55N3O8S. The fourth-order valence-electron chi connectivity index (χ4n) is 10.4. The summed E-state index contributed by atoms with van der Waals surface area (Å²) in [4.78, 5) is 27.0. The third-order valence-corrected chi connectivity index (χ3v) is 14.3. The van der Waals surface area contributed by atoms with Crippen LogP contribution in [0.2, 0.25) is 0 Å². The first-order valence-electron chi connectivity index (χ1n) is 19.5. The van der Waals surface area contributed by atoms with Gasteiger partial charge in [0.25, 0.3) is 0 Å². The Morgan fingerprint density at radius 1 is 0.982 bits per heavy atom. The number of allylic oxidation sites excluding steroid dienone is 1. The summed E-state index contributed by atoms with van der Waals surface area (Å²) in [7, 11) is 4.29. The highest BCUT2D eigenvalue weighted by molar-refractivity contribution is 7.99. The molecule has 12 heteroatoms. The lowest BCUT2D eigenvalue weighted by Gasteiger charge is -2.58. The smallest absolute Gasteiger partial charge is 0.335 e. The molecule has 5 aliphatic rings. The van der Waals surface area contributed by atoms with Crippen molar-refractivity contribution in [3.05, 3.63) is 71.6 Å². The van der Waals surface area contributed by atoms with E-state index in [4.69, 9.17) is 31.4 Å². The highest BCUT2D eigenvalue weighted by atomic mass is 32.2. The minimum atomic E-state index is -2.27. The number of hydrogen-bond acceptors (Lipinski definition) is 10. The van der Waals surface area contributed by atoms with Gasteiger partial charge in [-0.3, -0.25) is 0 Å². The summed E-state index contributed by atoms with van der Waals surface area (Å²) in [6, 6.07) is 17.4. The van der Waals surface area contributed by atoms with E-state index in [1.807, 2.05) is 18.0 Å². The van der Waals surface area contributed by atoms with Gasteiger partial charge in [-0.1, -0.05) is 73.4 Å². The molecule has 300 valence electrons. The van der Waals surface area contributed by atoms with Crippen molar-refractivity contribution in [1.82, 2.24) is 10.1 Å². The Morgan fingerprint density at radius 2 is 1.57 bits per heavy atom. The van der Waals surface area contributed by atoms with E-state index in [1.165, 1.54) is 33.2 Å². The first-order chi connectivity index (χ1) is 26.5. The van der Waals surface area contributed by atoms with Gasteiger partial charge < -0.3 is 39.9 Å². The predicted molar refractivity (Wildman–Crippen MR) is 215 cm³/mol. The number of carboxylic acid groups (broad SMARTS) is 2. The lowest BCUT2D eigenvalue weighted by Crippen LogP contribution is -2.54. The van der Waals surface area contributed by atoms with Crippen LogP contribution in [0.4, 0.5) is 11.4 Å². The highest BCUT2D eigenvalue weighted by Crippen LogP contribution is 2.67. The molecule has 0 bridgehead atoms. The minimum Gasteiger partial charge on any atom is -0.479 e. The maximum Gasteiger partial charge on any atom is 0.335 e. The van der Waals surface area contributed by atoms with Crippen molar-refractivity contribution in [3.63, 3.8) is 0 Å². The van der Waals surface area contributed by atoms with Crippen LogP contribution in [0.3, 0.4) is 0 Å². The van der Waals surface area contributed by atoms with E-state index in [9.17, 15) is 14.7 Å². The Balaban J connectivity index is 0.000000156. The summed E-state index contributed by atoms with van der Waals surface area (Å²) >= 11 is 1.88. The van der Waals surface area contributed by atoms with E-state index in [0.29, 0.717) is 23.7 Å². The van der Waals surface area contributed by atoms with Gasteiger partial charge in [0.15, 0.2) is 18.0 Å². The Bertz CT molecular complexity index is 1930. The molecule has 2 heterocycles. The molecule has 4 aliphatic carbocycles. The van der Waals surface area contributed by atoms with Crippen LogP contribution in [0.1, 0.15) is 70.6 Å². The molecule has 56 heavy (non-hydrogen) atoms. The summed E-state index contributed by atoms with van der Waals surface area (Å²) in [6.45, 7) is 9.19. The van der Waals surface area contributed by atoms with E-state index >= 15 is 0 Å². The number of aliphatic hydroxyl groups is 3. The zero-order valence-electron chi connectivity index (χ0n) is 32.9. The first-order valence-corrected chi connectivity index (χ1v) is 20.3. The average molecular weight is 786 g/mol. The fraction of sp³-hybridized carbons (Fsp3) is 0.523. The molecule has 0 spiro atoms. The van der Waals surface area contributed by atoms with Crippen LogP contribution in [0.25, 0.3) is 6.08 Å². The molecule has 0 saturated heterocycles. The van der Waals surface area contributed by atoms with E-state index in [0.717, 1.165) is 57.4 Å². The number of anilines is 2. The van der Waals surface area contributed by atoms with Gasteiger partial charge in [-0.25, -0.2) is 9.59 Å². The molecule has 5 N–H and O–H groups in total. The highest BCUT2D eigenvalue weighted by Gasteiger charge is 2.63. The van der Waals surface area contributed by atoms with Crippen molar-refractivity contribution in [2.45, 2.75) is 93.3 Å². The number of fused-ring (bicyclic) bond motifs is 8. The molecule has 3 fully saturated rings. The fourth-order valence-corrected chi connectivity index (χ4v) is 11.5. The van der Waals surface area contributed by atoms with Crippen LogP contribution in [-0.2, 0) is 16.0 Å². The molecule has 8 rings (SSSR count). The Kier molecular flexibility index (Phi) is 12.2. The Labute approximate surface area is 333 Å². The lowest BCUT2D eigenvalue weighted by atomic mass is 9.46. The summed E-state index contributed by atoms with van der Waals surface area (Å²) in [5.41, 5.74) is 4.67. The molecule has 0 amide bonds. The quantitative estimate of drug-likeness (QED) is 0.164. The van der Waals surface area contributed by atoms with E-state index < -0.39 is 29.7 Å². The monoisotopic (exact) mass is 785 g/mol. The van der Waals surface area contributed by atoms with Crippen molar-refractivity contribution in [3.8, 4) is 12.3 Å². The zero-order chi connectivity index (χ0) is 40.6. The third-order valence-electron chi connectivity index (χ3n) is 13.2. The van der Waals surface area contributed by atoms with Gasteiger partial charge in [-0.15, -0.1) is 6.42 Å². The normalized spacial score (nSPS) is 29.7. The number of carboxylic acids is 2. The molecule has 3 saturated carbocycles. The number of hydrogen-bond donors (Lipinski definition) is 5. The van der Waals surface area contributed by atoms with Crippen molar-refractivity contribution in [2.75, 3.05) is 32.1 Å². The standard InChI is InChI=1S/C22H27NO2.C18H22N2S.C4H6O6/c1-4-22(24)10-8-18-16-6-5-15-11-19-14(13-23-25-19)12-20(15,2)17(16)7-9-21(18,22)3;1-14(12-19(2)3)13-20-15-8-4-6-10-17(15)21-18-11-7-5-9-16(18)20;5-1(3(7)8)2(6)4(9)10/h1,11,13,16-18,24H,5-10,12H2,2-3H3;4-11,14H,12-13H2,1-3H3;1-2,5-6H,(H,7,8)(H,9,10). The van der Waals surface area contributed by atoms with Gasteiger partial charge in [0.2, 0.25) is 0 Å². The molecule has 1 aliphatic heterocycles. The van der Waals surface area contributed by atoms with Crippen molar-refractivity contribution >= 4 is 41.2 Å². The number of benzene rings is 2. The molecule has 2 aromatic carbocycles. The largest absolute Gasteiger partial charge is 0.479 e. The van der Waals surface area contributed by atoms with Crippen molar-refractivity contribution in [1.29, 1.82) is 0 Å². The van der Waals surface area contributed by atoms with Crippen LogP contribution in [-0.4, -0.2) is 92.5 Å². The Hall–Kier alpha value is -4.12. The zero-order valence-corrected chi connectivity index (χ0v) is 33.7. The molecule has 9 unspecified atom stereocenters. The molecule has 9 atom stereocenters. The van der Waals surface area contributed by atoms with Crippen molar-refractivity contribution in [2.24, 2.45) is 34.5 Å². The van der Waals surface area contributed by atoms with Crippen LogP contribution >= 0.6 is 11.8 Å². The topological polar surface area (TPSA) is 168 Å². The first kappa shape index (κ1) is 41.5. The van der Waals surface area contributed by atoms with Crippen LogP contribution in [0, 0.1) is 46.8 Å². The second-order valence-corrected chi connectivity index (χ2v) is 18.1. The maximum atomic E-state index is 11.1. The molecule has 11 nitrogen and oxygen atoms in total. The van der Waals surface area contributed by atoms with Gasteiger partial charge in [-0.05, 0) is 118 Å². The second-order valence-electron chi connectivity index (χ2n) is 17.0. The van der Waals surface area contributed by atoms with Gasteiger partial charge in [0.05, 0.1) is 17.6 Å². The van der Waals surface area contributed by atoms with Crippen LogP contribution in [0.5, 0.6) is 0 Å². The number of terminal acetylenes is 1. The van der Waals surface area contributed by atoms with Crippen molar-refractivity contribution < 1.29 is 39.6 Å². The number of carbonyl (C=O) groups is 2. The number of rotatable bonds is 7. The number of para-hydroxylation sites is 2. The van der Waals surface area contributed by atoms with E-state index in [-0.39, 0.29) is 10.8 Å².